The van der Waals surface area contributed by atoms with E-state index < -0.39 is 0 Å². The minimum absolute atomic E-state index is 0.00254. The number of likely N-dealkylation sites (N-methyl/N-ethyl adjacent to an activating group) is 1. The Morgan fingerprint density at radius 3 is 2.00 bits per heavy atom. The van der Waals surface area contributed by atoms with Crippen LogP contribution < -0.4 is 0 Å². The van der Waals surface area contributed by atoms with Crippen LogP contribution >= 0.6 is 0 Å². The molecule has 3 nitrogen and oxygen atoms in total. The zero-order valence-corrected chi connectivity index (χ0v) is 14.3. The molecule has 0 radical (unpaired) electrons. The van der Waals surface area contributed by atoms with Gasteiger partial charge in [-0.1, -0.05) is 26.8 Å². The van der Waals surface area contributed by atoms with Crippen molar-refractivity contribution in [3.05, 3.63) is 11.6 Å². The van der Waals surface area contributed by atoms with Crippen LogP contribution in [-0.4, -0.2) is 35.8 Å². The van der Waals surface area contributed by atoms with E-state index in [-0.39, 0.29) is 28.1 Å². The lowest BCUT2D eigenvalue weighted by Gasteiger charge is -2.38. The molecule has 3 unspecified atom stereocenters. The van der Waals surface area contributed by atoms with Crippen LogP contribution in [0.15, 0.2) is 11.6 Å². The molecule has 0 heterocycles. The fourth-order valence-electron chi connectivity index (χ4n) is 2.72. The fourth-order valence-corrected chi connectivity index (χ4v) is 2.72. The van der Waals surface area contributed by atoms with E-state index in [0.717, 1.165) is 18.4 Å². The topological polar surface area (TPSA) is 34.1 Å². The summed E-state index contributed by atoms with van der Waals surface area (Å²) in [7, 11) is 1.92. The number of rotatable bonds is 8. The van der Waals surface area contributed by atoms with Crippen molar-refractivity contribution in [2.24, 2.45) is 5.92 Å². The van der Waals surface area contributed by atoms with Gasteiger partial charge in [-0.25, -0.2) is 4.79 Å². The normalized spacial score (nSPS) is 18.2. The molecule has 0 N–H and O–H groups in total. The zero-order chi connectivity index (χ0) is 15.9. The minimum atomic E-state index is -0.260. The Balaban J connectivity index is 5.51. The van der Waals surface area contributed by atoms with E-state index in [2.05, 4.69) is 0 Å². The van der Waals surface area contributed by atoms with Gasteiger partial charge in [-0.05, 0) is 39.2 Å². The van der Waals surface area contributed by atoms with Gasteiger partial charge in [0, 0.05) is 6.42 Å². The highest BCUT2D eigenvalue weighted by Gasteiger charge is 2.43. The van der Waals surface area contributed by atoms with Crippen molar-refractivity contribution in [1.29, 1.82) is 0 Å². The molecule has 0 aromatic carbocycles. The van der Waals surface area contributed by atoms with Gasteiger partial charge in [-0.2, -0.15) is 0 Å². The number of carbonyl (C=O) groups excluding carboxylic acids is 2. The Morgan fingerprint density at radius 1 is 1.10 bits per heavy atom. The van der Waals surface area contributed by atoms with Crippen molar-refractivity contribution >= 4 is 11.7 Å². The Kier molecular flexibility index (Phi) is 7.95. The Hall–Kier alpha value is -0.960. The maximum absolute atomic E-state index is 12.7. The van der Waals surface area contributed by atoms with E-state index in [1.807, 2.05) is 54.7 Å². The lowest BCUT2D eigenvalue weighted by Crippen LogP contribution is -2.60. The third-order valence-corrected chi connectivity index (χ3v) is 4.47. The number of Topliss-reactive ketones (excluding diaryl/α,β-unsaturated/α-hetero) is 1. The molecule has 116 valence electrons. The summed E-state index contributed by atoms with van der Waals surface area (Å²) < 4.78 is 0.221. The Morgan fingerprint density at radius 2 is 1.65 bits per heavy atom. The van der Waals surface area contributed by atoms with E-state index in [1.165, 1.54) is 0 Å². The van der Waals surface area contributed by atoms with Gasteiger partial charge in [0.05, 0.1) is 19.5 Å². The molecule has 3 atom stereocenters. The van der Waals surface area contributed by atoms with Crippen LogP contribution in [0.2, 0.25) is 0 Å². The molecule has 0 aromatic rings. The first-order valence-corrected chi connectivity index (χ1v) is 7.90. The van der Waals surface area contributed by atoms with Crippen LogP contribution in [0.5, 0.6) is 0 Å². The highest BCUT2D eigenvalue weighted by atomic mass is 16.2. The summed E-state index contributed by atoms with van der Waals surface area (Å²) in [5.41, 5.74) is 0.786. The molecule has 3 heteroatoms. The standard InChI is InChI=1S/C17H32NO2/c1-8-12-14(6)16(19)15(10-3)18(7,11-4)17(20)13(5)9-2/h12-13,15H,8-11H2,1-7H3/q+1. The van der Waals surface area contributed by atoms with Gasteiger partial charge in [-0.15, -0.1) is 0 Å². The molecular formula is C17H32NO2+. The Bertz CT molecular complexity index is 373. The van der Waals surface area contributed by atoms with Gasteiger partial charge < -0.3 is 0 Å². The van der Waals surface area contributed by atoms with Gasteiger partial charge in [0.25, 0.3) is 0 Å². The van der Waals surface area contributed by atoms with E-state index in [4.69, 9.17) is 0 Å². The lowest BCUT2D eigenvalue weighted by molar-refractivity contribution is -0.850. The number of ketones is 1. The lowest BCUT2D eigenvalue weighted by atomic mass is 9.96. The van der Waals surface area contributed by atoms with Gasteiger partial charge in [-0.3, -0.25) is 9.28 Å². The summed E-state index contributed by atoms with van der Waals surface area (Å²) in [5, 5.41) is 0. The molecule has 0 aliphatic carbocycles. The highest BCUT2D eigenvalue weighted by Crippen LogP contribution is 2.23. The average Bonchev–Trinajstić information content (AvgIpc) is 2.45. The smallest absolute Gasteiger partial charge is 0.288 e. The summed E-state index contributed by atoms with van der Waals surface area (Å²) in [6.45, 7) is 12.5. The molecule has 0 bridgehead atoms. The van der Waals surface area contributed by atoms with E-state index in [1.54, 1.807) is 0 Å². The van der Waals surface area contributed by atoms with Gasteiger partial charge in [0.2, 0.25) is 5.78 Å². The van der Waals surface area contributed by atoms with Crippen molar-refractivity contribution in [2.75, 3.05) is 13.6 Å². The summed E-state index contributed by atoms with van der Waals surface area (Å²) >= 11 is 0. The quantitative estimate of drug-likeness (QED) is 0.502. The fraction of sp³-hybridized carbons (Fsp3) is 0.765. The first kappa shape index (κ1) is 19.0. The van der Waals surface area contributed by atoms with E-state index >= 15 is 0 Å². The molecule has 0 saturated carbocycles. The van der Waals surface area contributed by atoms with Crippen LogP contribution in [0.4, 0.5) is 0 Å². The second-order valence-corrected chi connectivity index (χ2v) is 5.82. The van der Waals surface area contributed by atoms with E-state index in [9.17, 15) is 9.59 Å². The third kappa shape index (κ3) is 4.02. The maximum Gasteiger partial charge on any atom is 0.316 e. The van der Waals surface area contributed by atoms with Crippen molar-refractivity contribution in [2.45, 2.75) is 66.8 Å². The first-order chi connectivity index (χ1) is 9.29. The largest absolute Gasteiger partial charge is 0.316 e. The van der Waals surface area contributed by atoms with Gasteiger partial charge >= 0.3 is 5.91 Å². The van der Waals surface area contributed by atoms with Gasteiger partial charge in [0.1, 0.15) is 0 Å². The van der Waals surface area contributed by atoms with Crippen LogP contribution in [0, 0.1) is 5.92 Å². The molecule has 0 saturated heterocycles. The predicted molar refractivity (Wildman–Crippen MR) is 84.3 cm³/mol. The highest BCUT2D eigenvalue weighted by molar-refractivity contribution is 5.99. The van der Waals surface area contributed by atoms with Crippen LogP contribution in [-0.2, 0) is 9.59 Å². The molecule has 0 rings (SSSR count). The zero-order valence-electron chi connectivity index (χ0n) is 14.3. The van der Waals surface area contributed by atoms with Crippen LogP contribution in [0.25, 0.3) is 0 Å². The van der Waals surface area contributed by atoms with Crippen LogP contribution in [0.1, 0.15) is 60.8 Å². The van der Waals surface area contributed by atoms with Crippen molar-refractivity contribution in [3.8, 4) is 0 Å². The SMILES string of the molecule is CCC=C(C)C(=O)C(CC)[N+](C)(CC)C(=O)C(C)CC. The monoisotopic (exact) mass is 282 g/mol. The summed E-state index contributed by atoms with van der Waals surface area (Å²) in [6.07, 6.45) is 4.32. The molecule has 20 heavy (non-hydrogen) atoms. The van der Waals surface area contributed by atoms with Gasteiger partial charge in [0.15, 0.2) is 6.04 Å². The number of carbonyl (C=O) groups is 2. The number of hydrogen-bond acceptors (Lipinski definition) is 2. The van der Waals surface area contributed by atoms with Crippen molar-refractivity contribution in [1.82, 2.24) is 0 Å². The number of quaternary nitrogens is 1. The predicted octanol–water partition coefficient (Wildman–Crippen LogP) is 3.73. The molecule has 0 spiro atoms. The molecule has 0 aliphatic rings. The number of amides is 1. The second kappa shape index (κ2) is 8.35. The number of nitrogens with zero attached hydrogens (tertiary/aromatic N) is 1. The molecule has 1 amide bonds. The molecule has 0 aromatic heterocycles. The van der Waals surface area contributed by atoms with Crippen LogP contribution in [0.3, 0.4) is 0 Å². The van der Waals surface area contributed by atoms with E-state index in [0.29, 0.717) is 13.0 Å². The summed E-state index contributed by atoms with van der Waals surface area (Å²) in [5.74, 6) is 0.298. The van der Waals surface area contributed by atoms with Crippen molar-refractivity contribution < 1.29 is 14.1 Å². The molecular weight excluding hydrogens is 250 g/mol. The summed E-state index contributed by atoms with van der Waals surface area (Å²) in [4.78, 5) is 25.4. The maximum atomic E-state index is 12.7. The third-order valence-electron chi connectivity index (χ3n) is 4.47. The first-order valence-electron chi connectivity index (χ1n) is 7.90. The number of hydrogen-bond donors (Lipinski definition) is 0. The second-order valence-electron chi connectivity index (χ2n) is 5.82. The number of allylic oxidation sites excluding steroid dienone is 1. The minimum Gasteiger partial charge on any atom is -0.288 e. The van der Waals surface area contributed by atoms with Crippen molar-refractivity contribution in [3.63, 3.8) is 0 Å². The average molecular weight is 282 g/mol. The Labute approximate surface area is 124 Å². The summed E-state index contributed by atoms with van der Waals surface area (Å²) in [6, 6.07) is -0.260. The molecule has 0 fully saturated rings. The molecule has 0 aliphatic heterocycles.